The number of carbonyl (C=O) groups excluding carboxylic acids is 1. The zero-order chi connectivity index (χ0) is 45.2. The van der Waals surface area contributed by atoms with E-state index in [1.807, 2.05) is 55.5 Å². The van der Waals surface area contributed by atoms with Gasteiger partial charge in [0.15, 0.2) is 0 Å². The first kappa shape index (κ1) is 45.6. The van der Waals surface area contributed by atoms with Crippen molar-refractivity contribution in [3.63, 3.8) is 0 Å². The van der Waals surface area contributed by atoms with Crippen LogP contribution in [-0.4, -0.2) is 71.8 Å². The van der Waals surface area contributed by atoms with Crippen LogP contribution in [-0.2, 0) is 20.9 Å². The predicted molar refractivity (Wildman–Crippen MR) is 256 cm³/mol. The third-order valence-corrected chi connectivity index (χ3v) is 13.3. The monoisotopic (exact) mass is 878 g/mol. The highest BCUT2D eigenvalue weighted by molar-refractivity contribution is 6.03. The Morgan fingerprint density at radius 2 is 1.60 bits per heavy atom. The van der Waals surface area contributed by atoms with Crippen LogP contribution >= 0.6 is 0 Å². The maximum Gasteiger partial charge on any atom is 0.410 e. The number of ether oxygens (including phenoxy) is 4. The summed E-state index contributed by atoms with van der Waals surface area (Å²) in [6.07, 6.45) is 10.7. The molecule has 2 N–H and O–H groups in total. The number of hydrogen-bond donors (Lipinski definition) is 2. The molecule has 1 aliphatic heterocycles. The van der Waals surface area contributed by atoms with E-state index in [-0.39, 0.29) is 57.1 Å². The molecule has 1 saturated carbocycles. The highest BCUT2D eigenvalue weighted by Crippen LogP contribution is 2.62. The molecular formula is C55H62N2O8. The third-order valence-electron chi connectivity index (χ3n) is 13.3. The molecule has 1 heterocycles. The van der Waals surface area contributed by atoms with Gasteiger partial charge in [0.25, 0.3) is 0 Å². The minimum Gasteiger partial charge on any atom is -0.459 e. The van der Waals surface area contributed by atoms with Gasteiger partial charge in [-0.05, 0) is 114 Å². The SMILES string of the molecule is C=CCCOC(=O)N(Cc1cccc2ccccc12)C1CC(=NOCC)C2=CC(CCCCO)C(CCCCO)C3c4cc(Oc5ccc6ccccc6c5)ccc4OC1(OCC=C)C23. The Morgan fingerprint density at radius 1 is 0.862 bits per heavy atom. The Labute approximate surface area is 382 Å². The summed E-state index contributed by atoms with van der Waals surface area (Å²) < 4.78 is 27.4. The number of hydrogen-bond acceptors (Lipinski definition) is 9. The highest BCUT2D eigenvalue weighted by Gasteiger charge is 2.65. The number of oxime groups is 1. The molecule has 0 bridgehead atoms. The smallest absolute Gasteiger partial charge is 0.410 e. The minimum absolute atomic E-state index is 0.0532. The number of carbonyl (C=O) groups is 1. The van der Waals surface area contributed by atoms with Crippen molar-refractivity contribution in [3.8, 4) is 17.2 Å². The summed E-state index contributed by atoms with van der Waals surface area (Å²) in [5.74, 6) is 0.0305. The molecule has 5 aromatic rings. The van der Waals surface area contributed by atoms with Gasteiger partial charge in [0.2, 0.25) is 5.79 Å². The summed E-state index contributed by atoms with van der Waals surface area (Å²) in [6.45, 7) is 10.9. The number of unbranched alkanes of at least 4 members (excludes halogenated alkanes) is 2. The third kappa shape index (κ3) is 9.71. The van der Waals surface area contributed by atoms with Crippen LogP contribution in [0, 0.1) is 17.8 Å². The fourth-order valence-corrected chi connectivity index (χ4v) is 10.4. The number of amides is 1. The van der Waals surface area contributed by atoms with Gasteiger partial charge in [0.05, 0.1) is 31.4 Å². The van der Waals surface area contributed by atoms with E-state index >= 15 is 0 Å². The van der Waals surface area contributed by atoms with Crippen LogP contribution in [0.4, 0.5) is 4.79 Å². The van der Waals surface area contributed by atoms with Crippen LogP contribution in [0.3, 0.4) is 0 Å². The van der Waals surface area contributed by atoms with Crippen molar-refractivity contribution in [2.24, 2.45) is 22.9 Å². The fourth-order valence-electron chi connectivity index (χ4n) is 10.4. The molecule has 5 aromatic carbocycles. The van der Waals surface area contributed by atoms with Crippen LogP contribution in [0.15, 0.2) is 145 Å². The van der Waals surface area contributed by atoms with Crippen molar-refractivity contribution >= 4 is 33.3 Å². The summed E-state index contributed by atoms with van der Waals surface area (Å²) in [7, 11) is 0. The molecule has 6 unspecified atom stereocenters. The number of allylic oxidation sites excluding steroid dienone is 1. The number of nitrogens with zero attached hydrogens (tertiary/aromatic N) is 2. The quantitative estimate of drug-likeness (QED) is 0.0425. The first-order chi connectivity index (χ1) is 31.9. The van der Waals surface area contributed by atoms with Gasteiger partial charge < -0.3 is 34.0 Å². The first-order valence-corrected chi connectivity index (χ1v) is 23.3. The topological polar surface area (TPSA) is 119 Å². The van der Waals surface area contributed by atoms with Gasteiger partial charge >= 0.3 is 6.09 Å². The summed E-state index contributed by atoms with van der Waals surface area (Å²) in [5.41, 5.74) is 3.62. The molecule has 2 aliphatic carbocycles. The highest BCUT2D eigenvalue weighted by atomic mass is 16.7. The summed E-state index contributed by atoms with van der Waals surface area (Å²) in [5, 5.41) is 29.2. The predicted octanol–water partition coefficient (Wildman–Crippen LogP) is 11.7. The molecule has 340 valence electrons. The van der Waals surface area contributed by atoms with Crippen molar-refractivity contribution in [2.45, 2.75) is 82.6 Å². The molecule has 0 spiro atoms. The Bertz CT molecular complexity index is 2510. The van der Waals surface area contributed by atoms with E-state index in [9.17, 15) is 15.0 Å². The number of aliphatic hydroxyl groups is 2. The van der Waals surface area contributed by atoms with Gasteiger partial charge in [-0.3, -0.25) is 4.90 Å². The average Bonchev–Trinajstić information content (AvgIpc) is 3.33. The van der Waals surface area contributed by atoms with E-state index in [4.69, 9.17) is 28.9 Å². The zero-order valence-corrected chi connectivity index (χ0v) is 37.5. The standard InChI is InChI=1S/C55H62N2O8/c1-4-7-32-61-54(60)57(37-42-22-16-21-39-18-10-11-23-45(39)42)51-36-49(56-63-6-3)47-34-41(20-12-14-29-58)46(24-13-15-30-59)52-48-35-44(64-43-26-25-38-17-8-9-19-40(38)33-43)27-28-50(48)65-55(51,53(47)52)62-31-5-2/h4-5,8-11,16-19,21-23,25-28,33-35,41,46,51-53,58-59H,1-2,6-7,12-15,20,24,29-32,36-37H2,3H3. The van der Waals surface area contributed by atoms with Crippen LogP contribution in [0.25, 0.3) is 21.5 Å². The average molecular weight is 879 g/mol. The number of rotatable bonds is 21. The molecule has 3 aliphatic rings. The molecule has 8 rings (SSSR count). The minimum atomic E-state index is -1.45. The number of benzene rings is 5. The van der Waals surface area contributed by atoms with Gasteiger partial charge in [-0.1, -0.05) is 109 Å². The lowest BCUT2D eigenvalue weighted by atomic mass is 9.55. The van der Waals surface area contributed by atoms with E-state index in [1.54, 1.807) is 17.1 Å². The van der Waals surface area contributed by atoms with Crippen molar-refractivity contribution in [2.75, 3.05) is 33.0 Å². The molecule has 6 atom stereocenters. The second kappa shape index (κ2) is 21.4. The Balaban J connectivity index is 1.33. The van der Waals surface area contributed by atoms with E-state index in [0.29, 0.717) is 37.4 Å². The van der Waals surface area contributed by atoms with Crippen LogP contribution in [0.2, 0.25) is 0 Å². The van der Waals surface area contributed by atoms with Gasteiger partial charge in [0, 0.05) is 31.1 Å². The molecule has 0 saturated heterocycles. The summed E-state index contributed by atoms with van der Waals surface area (Å²) in [6, 6.07) is 33.9. The fraction of sp³-hybridized carbons (Fsp3) is 0.382. The summed E-state index contributed by atoms with van der Waals surface area (Å²) in [4.78, 5) is 22.6. The van der Waals surface area contributed by atoms with Crippen molar-refractivity contribution in [1.29, 1.82) is 0 Å². The van der Waals surface area contributed by atoms with Crippen molar-refractivity contribution in [1.82, 2.24) is 4.90 Å². The number of aliphatic hydroxyl groups excluding tert-OH is 2. The second-order valence-electron chi connectivity index (χ2n) is 17.3. The van der Waals surface area contributed by atoms with Crippen LogP contribution in [0.5, 0.6) is 17.2 Å². The van der Waals surface area contributed by atoms with Crippen LogP contribution in [0.1, 0.15) is 75.3 Å². The molecule has 0 radical (unpaired) electrons. The molecular weight excluding hydrogens is 817 g/mol. The second-order valence-corrected chi connectivity index (χ2v) is 17.3. The lowest BCUT2D eigenvalue weighted by molar-refractivity contribution is -0.256. The van der Waals surface area contributed by atoms with Gasteiger partial charge in [0.1, 0.15) is 29.9 Å². The zero-order valence-electron chi connectivity index (χ0n) is 37.5. The Hall–Kier alpha value is -5.94. The lowest BCUT2D eigenvalue weighted by Gasteiger charge is -2.59. The number of fused-ring (bicyclic) bond motifs is 4. The molecule has 10 heteroatoms. The van der Waals surface area contributed by atoms with E-state index in [0.717, 1.165) is 75.4 Å². The maximum absolute atomic E-state index is 14.9. The van der Waals surface area contributed by atoms with Gasteiger partial charge in [-0.15, -0.1) is 13.2 Å². The largest absolute Gasteiger partial charge is 0.459 e. The van der Waals surface area contributed by atoms with E-state index < -0.39 is 23.8 Å². The first-order valence-electron chi connectivity index (χ1n) is 23.3. The Kier molecular flexibility index (Phi) is 15.0. The summed E-state index contributed by atoms with van der Waals surface area (Å²) >= 11 is 0. The van der Waals surface area contributed by atoms with E-state index in [2.05, 4.69) is 73.8 Å². The van der Waals surface area contributed by atoms with Crippen molar-refractivity contribution in [3.05, 3.63) is 151 Å². The molecule has 1 amide bonds. The molecule has 0 aromatic heterocycles. The van der Waals surface area contributed by atoms with Gasteiger partial charge in [-0.25, -0.2) is 4.79 Å². The molecule has 65 heavy (non-hydrogen) atoms. The molecule has 10 nitrogen and oxygen atoms in total. The lowest BCUT2D eigenvalue weighted by Crippen LogP contribution is -2.70. The van der Waals surface area contributed by atoms with E-state index in [1.165, 1.54) is 0 Å². The normalized spacial score (nSPS) is 22.6. The Morgan fingerprint density at radius 3 is 2.38 bits per heavy atom. The van der Waals surface area contributed by atoms with Gasteiger partial charge in [-0.2, -0.15) is 0 Å². The van der Waals surface area contributed by atoms with Crippen LogP contribution < -0.4 is 9.47 Å². The van der Waals surface area contributed by atoms with Crippen molar-refractivity contribution < 1.29 is 38.8 Å². The molecule has 1 fully saturated rings. The maximum atomic E-state index is 14.9.